The number of dihydropyridines is 1. The van der Waals surface area contributed by atoms with Crippen molar-refractivity contribution in [2.75, 3.05) is 31.8 Å². The third-order valence-electron chi connectivity index (χ3n) is 6.11. The van der Waals surface area contributed by atoms with Crippen molar-refractivity contribution in [1.29, 1.82) is 0 Å². The van der Waals surface area contributed by atoms with E-state index in [0.29, 0.717) is 42.3 Å². The minimum absolute atomic E-state index is 0.0633. The normalized spacial score (nSPS) is 19.5. The van der Waals surface area contributed by atoms with E-state index >= 15 is 0 Å². The number of esters is 1. The number of benzene rings is 1. The highest BCUT2D eigenvalue weighted by atomic mass is 32.2. The highest BCUT2D eigenvalue weighted by molar-refractivity contribution is 7.99. The molecule has 6 nitrogen and oxygen atoms in total. The summed E-state index contributed by atoms with van der Waals surface area (Å²) in [5, 5.41) is 3.38. The number of methoxy groups -OCH3 is 1. The molecule has 1 heterocycles. The van der Waals surface area contributed by atoms with Crippen LogP contribution in [0.1, 0.15) is 65.4 Å². The van der Waals surface area contributed by atoms with Crippen molar-refractivity contribution in [2.24, 2.45) is 5.41 Å². The van der Waals surface area contributed by atoms with E-state index in [2.05, 4.69) is 26.1 Å². The summed E-state index contributed by atoms with van der Waals surface area (Å²) in [6, 6.07) is 5.67. The fraction of sp³-hybridized carbons (Fsp3) is 0.556. The maximum absolute atomic E-state index is 13.4. The molecule has 1 aliphatic heterocycles. The monoisotopic (exact) mass is 487 g/mol. The molecule has 34 heavy (non-hydrogen) atoms. The molecule has 0 radical (unpaired) electrons. The summed E-state index contributed by atoms with van der Waals surface area (Å²) in [7, 11) is 1.60. The van der Waals surface area contributed by atoms with Crippen LogP contribution in [-0.2, 0) is 14.3 Å². The van der Waals surface area contributed by atoms with Gasteiger partial charge in [-0.05, 0) is 48.6 Å². The minimum atomic E-state index is -0.514. The number of carbonyl (C=O) groups is 2. The Labute approximate surface area is 207 Å². The predicted octanol–water partition coefficient (Wildman–Crippen LogP) is 5.38. The summed E-state index contributed by atoms with van der Waals surface area (Å²) >= 11 is 1.72. The van der Waals surface area contributed by atoms with Crippen LogP contribution >= 0.6 is 11.8 Å². The SMILES string of the molecule is CCCOc1ccc(C2C(C(=O)OCCSCC)=C(C)NC3=C2C(=O)CC(C)(C)C3)cc1OC. The molecule has 0 saturated heterocycles. The highest BCUT2D eigenvalue weighted by Crippen LogP contribution is 2.47. The van der Waals surface area contributed by atoms with Crippen LogP contribution < -0.4 is 14.8 Å². The Bertz CT molecular complexity index is 995. The zero-order valence-corrected chi connectivity index (χ0v) is 22.0. The first kappa shape index (κ1) is 26.2. The van der Waals surface area contributed by atoms with Crippen LogP contribution in [0.15, 0.2) is 40.7 Å². The summed E-state index contributed by atoms with van der Waals surface area (Å²) in [5.74, 6) is 2.10. The summed E-state index contributed by atoms with van der Waals surface area (Å²) in [4.78, 5) is 26.7. The van der Waals surface area contributed by atoms with E-state index in [-0.39, 0.29) is 17.2 Å². The van der Waals surface area contributed by atoms with Gasteiger partial charge >= 0.3 is 5.97 Å². The van der Waals surface area contributed by atoms with E-state index in [1.807, 2.05) is 32.0 Å². The van der Waals surface area contributed by atoms with Crippen molar-refractivity contribution in [3.63, 3.8) is 0 Å². The van der Waals surface area contributed by atoms with Gasteiger partial charge in [0.15, 0.2) is 17.3 Å². The Morgan fingerprint density at radius 1 is 1.18 bits per heavy atom. The maximum Gasteiger partial charge on any atom is 0.336 e. The smallest absolute Gasteiger partial charge is 0.336 e. The standard InChI is InChI=1S/C27H37NO5S/c1-7-11-32-21-10-9-18(14-22(21)31-6)24-23(26(30)33-12-13-34-8-2)17(3)28-19-15-27(4,5)16-20(29)25(19)24/h9-10,14,24,28H,7-8,11-13,15-16H2,1-6H3. The van der Waals surface area contributed by atoms with Gasteiger partial charge in [0.2, 0.25) is 0 Å². The Morgan fingerprint density at radius 3 is 2.62 bits per heavy atom. The lowest BCUT2D eigenvalue weighted by molar-refractivity contribution is -0.138. The molecule has 1 atom stereocenters. The molecule has 0 fully saturated rings. The summed E-state index contributed by atoms with van der Waals surface area (Å²) in [6.07, 6.45) is 2.06. The second kappa shape index (κ2) is 11.3. The lowest BCUT2D eigenvalue weighted by Crippen LogP contribution is -2.38. The Hall–Kier alpha value is -2.41. The molecule has 2 aliphatic rings. The van der Waals surface area contributed by atoms with E-state index in [9.17, 15) is 9.59 Å². The van der Waals surface area contributed by atoms with Crippen molar-refractivity contribution in [3.8, 4) is 11.5 Å². The minimum Gasteiger partial charge on any atom is -0.493 e. The van der Waals surface area contributed by atoms with Crippen molar-refractivity contribution >= 4 is 23.5 Å². The highest BCUT2D eigenvalue weighted by Gasteiger charge is 2.43. The van der Waals surface area contributed by atoms with Crippen LogP contribution in [0.3, 0.4) is 0 Å². The zero-order valence-electron chi connectivity index (χ0n) is 21.2. The van der Waals surface area contributed by atoms with E-state index in [4.69, 9.17) is 14.2 Å². The van der Waals surface area contributed by atoms with Crippen LogP contribution in [0.5, 0.6) is 11.5 Å². The number of carbonyl (C=O) groups excluding carboxylic acids is 2. The Balaban J connectivity index is 2.06. The number of thioether (sulfide) groups is 1. The van der Waals surface area contributed by atoms with Gasteiger partial charge < -0.3 is 19.5 Å². The number of hydrogen-bond donors (Lipinski definition) is 1. The van der Waals surface area contributed by atoms with Crippen LogP contribution in [0.4, 0.5) is 0 Å². The van der Waals surface area contributed by atoms with Crippen LogP contribution in [0.25, 0.3) is 0 Å². The molecule has 0 spiro atoms. The van der Waals surface area contributed by atoms with E-state index in [0.717, 1.165) is 41.3 Å². The fourth-order valence-corrected chi connectivity index (χ4v) is 5.14. The molecule has 0 bridgehead atoms. The largest absolute Gasteiger partial charge is 0.493 e. The number of ketones is 1. The lowest BCUT2D eigenvalue weighted by atomic mass is 9.68. The lowest BCUT2D eigenvalue weighted by Gasteiger charge is -2.39. The number of nitrogens with one attached hydrogen (secondary N) is 1. The molecule has 0 aromatic heterocycles. The van der Waals surface area contributed by atoms with Crippen molar-refractivity contribution in [3.05, 3.63) is 46.3 Å². The third kappa shape index (κ3) is 5.80. The molecule has 1 aromatic carbocycles. The number of allylic oxidation sites excluding steroid dienone is 3. The summed E-state index contributed by atoms with van der Waals surface area (Å²) in [6.45, 7) is 11.1. The van der Waals surface area contributed by atoms with E-state index in [1.165, 1.54) is 0 Å². The molecule has 1 aliphatic carbocycles. The van der Waals surface area contributed by atoms with Gasteiger partial charge in [0.05, 0.1) is 19.3 Å². The van der Waals surface area contributed by atoms with Gasteiger partial charge in [-0.1, -0.05) is 33.8 Å². The van der Waals surface area contributed by atoms with Crippen molar-refractivity contribution < 1.29 is 23.8 Å². The van der Waals surface area contributed by atoms with Crippen LogP contribution in [0.2, 0.25) is 0 Å². The molecular formula is C27H37NO5S. The molecule has 1 N–H and O–H groups in total. The second-order valence-corrected chi connectivity index (χ2v) is 10.9. The summed E-state index contributed by atoms with van der Waals surface area (Å²) < 4.78 is 17.1. The molecule has 186 valence electrons. The van der Waals surface area contributed by atoms with Crippen molar-refractivity contribution in [1.82, 2.24) is 5.32 Å². The van der Waals surface area contributed by atoms with E-state index in [1.54, 1.807) is 18.9 Å². The van der Waals surface area contributed by atoms with Crippen LogP contribution in [0, 0.1) is 5.41 Å². The van der Waals surface area contributed by atoms with Gasteiger partial charge in [-0.3, -0.25) is 4.79 Å². The topological polar surface area (TPSA) is 73.9 Å². The molecule has 7 heteroatoms. The van der Waals surface area contributed by atoms with Gasteiger partial charge in [-0.25, -0.2) is 4.79 Å². The summed E-state index contributed by atoms with van der Waals surface area (Å²) in [5.41, 5.74) is 3.44. The second-order valence-electron chi connectivity index (χ2n) is 9.52. The molecule has 0 saturated carbocycles. The number of hydrogen-bond acceptors (Lipinski definition) is 7. The molecule has 1 unspecified atom stereocenters. The average molecular weight is 488 g/mol. The van der Waals surface area contributed by atoms with Gasteiger partial charge in [-0.2, -0.15) is 11.8 Å². The Morgan fingerprint density at radius 2 is 1.94 bits per heavy atom. The fourth-order valence-electron chi connectivity index (χ4n) is 4.65. The quantitative estimate of drug-likeness (QED) is 0.351. The molecule has 1 aromatic rings. The first-order valence-corrected chi connectivity index (χ1v) is 13.2. The van der Waals surface area contributed by atoms with Gasteiger partial charge in [0, 0.05) is 35.1 Å². The molecule has 3 rings (SSSR count). The van der Waals surface area contributed by atoms with Gasteiger partial charge in [0.1, 0.15) is 6.61 Å². The first-order valence-electron chi connectivity index (χ1n) is 12.0. The number of rotatable bonds is 10. The maximum atomic E-state index is 13.4. The van der Waals surface area contributed by atoms with Gasteiger partial charge in [0.25, 0.3) is 0 Å². The Kier molecular flexibility index (Phi) is 8.74. The van der Waals surface area contributed by atoms with Crippen molar-refractivity contribution in [2.45, 2.75) is 59.8 Å². The van der Waals surface area contributed by atoms with E-state index < -0.39 is 5.92 Å². The number of ether oxygens (including phenoxy) is 3. The van der Waals surface area contributed by atoms with Crippen LogP contribution in [-0.4, -0.2) is 43.6 Å². The molecule has 0 amide bonds. The van der Waals surface area contributed by atoms with Gasteiger partial charge in [-0.15, -0.1) is 0 Å². The average Bonchev–Trinajstić information content (AvgIpc) is 2.78. The molecular weight excluding hydrogens is 450 g/mol. The third-order valence-corrected chi connectivity index (χ3v) is 6.97. The predicted molar refractivity (Wildman–Crippen MR) is 136 cm³/mol. The first-order chi connectivity index (χ1) is 16.2. The zero-order chi connectivity index (χ0) is 24.9. The number of Topliss-reactive ketones (excluding diaryl/α,β-unsaturated/α-hetero) is 1.